The van der Waals surface area contributed by atoms with Gasteiger partial charge in [-0.15, -0.1) is 0 Å². The lowest BCUT2D eigenvalue weighted by Gasteiger charge is -2.40. The summed E-state index contributed by atoms with van der Waals surface area (Å²) in [6, 6.07) is 14.9. The molecule has 9 nitrogen and oxygen atoms in total. The lowest BCUT2D eigenvalue weighted by atomic mass is 9.94. The first-order valence-electron chi connectivity index (χ1n) is 13.2. The molecule has 1 saturated heterocycles. The standard InChI is InChI=1S/C29H41N3O6/c1-21(2)32(28(33)24-11-12-26(36-4)27(16-24)37-14-8-13-35-3)25-15-23(17-30-19-25)20-38-29(34)31-18-22-9-6-5-7-10-22/h5-7,9-12,16,21,23,25,30H,8,13-15,17-20H2,1-4H3,(H,31,34)/t23-,25+/m0/s1. The third-order valence-corrected chi connectivity index (χ3v) is 6.49. The van der Waals surface area contributed by atoms with Crippen LogP contribution < -0.4 is 20.1 Å². The summed E-state index contributed by atoms with van der Waals surface area (Å²) in [6.07, 6.45) is 1.03. The zero-order valence-electron chi connectivity index (χ0n) is 22.9. The van der Waals surface area contributed by atoms with Crippen LogP contribution in [0.25, 0.3) is 0 Å². The molecular weight excluding hydrogens is 486 g/mol. The van der Waals surface area contributed by atoms with E-state index in [1.54, 1.807) is 32.4 Å². The average molecular weight is 528 g/mol. The van der Waals surface area contributed by atoms with Crippen molar-refractivity contribution in [3.05, 3.63) is 59.7 Å². The number of methoxy groups -OCH3 is 2. The van der Waals surface area contributed by atoms with E-state index in [2.05, 4.69) is 10.6 Å². The van der Waals surface area contributed by atoms with Gasteiger partial charge in [0.25, 0.3) is 5.91 Å². The van der Waals surface area contributed by atoms with Gasteiger partial charge in [0, 0.05) is 63.3 Å². The molecule has 0 aliphatic carbocycles. The van der Waals surface area contributed by atoms with E-state index < -0.39 is 6.09 Å². The number of amides is 2. The number of hydrogen-bond acceptors (Lipinski definition) is 7. The van der Waals surface area contributed by atoms with Crippen molar-refractivity contribution in [1.29, 1.82) is 0 Å². The fourth-order valence-electron chi connectivity index (χ4n) is 4.64. The molecule has 0 radical (unpaired) electrons. The Labute approximate surface area is 225 Å². The SMILES string of the molecule is COCCCOc1cc(C(=O)N(C(C)C)[C@H]2CNC[C@@H](COC(=O)NCc3ccccc3)C2)ccc1OC. The first-order chi connectivity index (χ1) is 18.4. The van der Waals surface area contributed by atoms with Gasteiger partial charge in [0.15, 0.2) is 11.5 Å². The third-order valence-electron chi connectivity index (χ3n) is 6.49. The van der Waals surface area contributed by atoms with Crippen LogP contribution in [0.5, 0.6) is 11.5 Å². The zero-order chi connectivity index (χ0) is 27.3. The summed E-state index contributed by atoms with van der Waals surface area (Å²) in [6.45, 7) is 7.19. The number of alkyl carbamates (subject to hydrolysis) is 1. The van der Waals surface area contributed by atoms with Crippen molar-refractivity contribution in [1.82, 2.24) is 15.5 Å². The zero-order valence-corrected chi connectivity index (χ0v) is 22.9. The van der Waals surface area contributed by atoms with E-state index in [0.29, 0.717) is 43.4 Å². The molecule has 1 heterocycles. The number of carbonyl (C=O) groups is 2. The maximum atomic E-state index is 13.7. The highest BCUT2D eigenvalue weighted by Crippen LogP contribution is 2.30. The van der Waals surface area contributed by atoms with Gasteiger partial charge in [-0.3, -0.25) is 4.79 Å². The van der Waals surface area contributed by atoms with Gasteiger partial charge in [-0.2, -0.15) is 0 Å². The Morgan fingerprint density at radius 2 is 1.84 bits per heavy atom. The number of ether oxygens (including phenoxy) is 4. The molecule has 208 valence electrons. The van der Waals surface area contributed by atoms with Gasteiger partial charge in [0.2, 0.25) is 0 Å². The molecule has 2 atom stereocenters. The van der Waals surface area contributed by atoms with Crippen LogP contribution in [0, 0.1) is 5.92 Å². The number of nitrogens with zero attached hydrogens (tertiary/aromatic N) is 1. The smallest absolute Gasteiger partial charge is 0.407 e. The summed E-state index contributed by atoms with van der Waals surface area (Å²) in [5.41, 5.74) is 1.55. The molecule has 1 aliphatic heterocycles. The summed E-state index contributed by atoms with van der Waals surface area (Å²) in [5, 5.41) is 6.21. The van der Waals surface area contributed by atoms with Crippen LogP contribution in [-0.2, 0) is 16.0 Å². The largest absolute Gasteiger partial charge is 0.493 e. The summed E-state index contributed by atoms with van der Waals surface area (Å²) in [5.74, 6) is 1.14. The fraction of sp³-hybridized carbons (Fsp3) is 0.517. The van der Waals surface area contributed by atoms with Crippen LogP contribution in [-0.4, -0.2) is 76.1 Å². The van der Waals surface area contributed by atoms with Crippen molar-refractivity contribution in [2.45, 2.75) is 45.3 Å². The van der Waals surface area contributed by atoms with Crippen molar-refractivity contribution >= 4 is 12.0 Å². The molecule has 0 spiro atoms. The first-order valence-corrected chi connectivity index (χ1v) is 13.2. The van der Waals surface area contributed by atoms with E-state index in [4.69, 9.17) is 18.9 Å². The second-order valence-corrected chi connectivity index (χ2v) is 9.72. The van der Waals surface area contributed by atoms with Crippen LogP contribution >= 0.6 is 0 Å². The predicted octanol–water partition coefficient (Wildman–Crippen LogP) is 3.87. The Kier molecular flexibility index (Phi) is 11.7. The molecule has 0 unspecified atom stereocenters. The second-order valence-electron chi connectivity index (χ2n) is 9.72. The second kappa shape index (κ2) is 15.2. The minimum Gasteiger partial charge on any atom is -0.493 e. The van der Waals surface area contributed by atoms with Crippen LogP contribution in [0.3, 0.4) is 0 Å². The van der Waals surface area contributed by atoms with Crippen molar-refractivity contribution in [2.75, 3.05) is 47.1 Å². The summed E-state index contributed by atoms with van der Waals surface area (Å²) in [7, 11) is 3.23. The Hall–Kier alpha value is -3.30. The van der Waals surface area contributed by atoms with Gasteiger partial charge in [0.1, 0.15) is 0 Å². The highest BCUT2D eigenvalue weighted by molar-refractivity contribution is 5.95. The highest BCUT2D eigenvalue weighted by atomic mass is 16.5. The Morgan fingerprint density at radius 1 is 1.05 bits per heavy atom. The number of benzene rings is 2. The number of nitrogens with one attached hydrogen (secondary N) is 2. The average Bonchev–Trinajstić information content (AvgIpc) is 2.93. The van der Waals surface area contributed by atoms with E-state index in [1.165, 1.54) is 0 Å². The van der Waals surface area contributed by atoms with Crippen molar-refractivity contribution < 1.29 is 28.5 Å². The van der Waals surface area contributed by atoms with Gasteiger partial charge in [0.05, 0.1) is 20.3 Å². The first kappa shape index (κ1) is 29.3. The minimum atomic E-state index is -0.441. The molecule has 2 amide bonds. The topological polar surface area (TPSA) is 98.4 Å². The minimum absolute atomic E-state index is 0.0173. The maximum absolute atomic E-state index is 13.7. The Morgan fingerprint density at radius 3 is 2.55 bits per heavy atom. The van der Waals surface area contributed by atoms with Crippen molar-refractivity contribution in [3.8, 4) is 11.5 Å². The van der Waals surface area contributed by atoms with Crippen LogP contribution in [0.15, 0.2) is 48.5 Å². The van der Waals surface area contributed by atoms with Crippen LogP contribution in [0.2, 0.25) is 0 Å². The molecule has 2 aromatic carbocycles. The maximum Gasteiger partial charge on any atom is 0.407 e. The van der Waals surface area contributed by atoms with Gasteiger partial charge < -0.3 is 34.5 Å². The van der Waals surface area contributed by atoms with Gasteiger partial charge in [-0.1, -0.05) is 30.3 Å². The lowest BCUT2D eigenvalue weighted by molar-refractivity contribution is 0.0478. The van der Waals surface area contributed by atoms with E-state index in [9.17, 15) is 9.59 Å². The molecule has 3 rings (SSSR count). The van der Waals surface area contributed by atoms with Crippen LogP contribution in [0.1, 0.15) is 42.6 Å². The molecule has 38 heavy (non-hydrogen) atoms. The number of piperidine rings is 1. The molecule has 0 saturated carbocycles. The number of hydrogen-bond donors (Lipinski definition) is 2. The van der Waals surface area contributed by atoms with Gasteiger partial charge >= 0.3 is 6.09 Å². The normalized spacial score (nSPS) is 17.1. The summed E-state index contributed by atoms with van der Waals surface area (Å²) < 4.78 is 21.9. The number of carbonyl (C=O) groups excluding carboxylic acids is 2. The third kappa shape index (κ3) is 8.63. The monoisotopic (exact) mass is 527 g/mol. The van der Waals surface area contributed by atoms with Crippen molar-refractivity contribution in [3.63, 3.8) is 0 Å². The summed E-state index contributed by atoms with van der Waals surface area (Å²) >= 11 is 0. The Balaban J connectivity index is 1.59. The molecule has 0 aromatic heterocycles. The molecule has 1 aliphatic rings. The van der Waals surface area contributed by atoms with E-state index >= 15 is 0 Å². The molecule has 2 N–H and O–H groups in total. The van der Waals surface area contributed by atoms with E-state index in [-0.39, 0.29) is 30.5 Å². The van der Waals surface area contributed by atoms with E-state index in [0.717, 1.165) is 24.9 Å². The van der Waals surface area contributed by atoms with E-state index in [1.807, 2.05) is 49.1 Å². The van der Waals surface area contributed by atoms with Gasteiger partial charge in [-0.05, 0) is 44.0 Å². The Bertz CT molecular complexity index is 1020. The lowest BCUT2D eigenvalue weighted by Crippen LogP contribution is -2.54. The molecule has 1 fully saturated rings. The summed E-state index contributed by atoms with van der Waals surface area (Å²) in [4.78, 5) is 27.8. The van der Waals surface area contributed by atoms with Crippen LogP contribution in [0.4, 0.5) is 4.79 Å². The predicted molar refractivity (Wildman–Crippen MR) is 146 cm³/mol. The molecule has 2 aromatic rings. The number of rotatable bonds is 13. The quantitative estimate of drug-likeness (QED) is 0.382. The highest BCUT2D eigenvalue weighted by Gasteiger charge is 2.32. The van der Waals surface area contributed by atoms with Crippen molar-refractivity contribution in [2.24, 2.45) is 5.92 Å². The molecule has 9 heteroatoms. The molecular formula is C29H41N3O6. The molecule has 0 bridgehead atoms. The van der Waals surface area contributed by atoms with Gasteiger partial charge in [-0.25, -0.2) is 4.79 Å². The fourth-order valence-corrected chi connectivity index (χ4v) is 4.64.